The van der Waals surface area contributed by atoms with E-state index < -0.39 is 5.97 Å². The molecule has 0 bridgehead atoms. The van der Waals surface area contributed by atoms with Gasteiger partial charge in [-0.3, -0.25) is 0 Å². The highest BCUT2D eigenvalue weighted by Crippen LogP contribution is 2.19. The van der Waals surface area contributed by atoms with Crippen molar-refractivity contribution in [2.75, 3.05) is 5.32 Å². The lowest BCUT2D eigenvalue weighted by Crippen LogP contribution is -2.24. The zero-order valence-corrected chi connectivity index (χ0v) is 10.9. The van der Waals surface area contributed by atoms with Crippen LogP contribution in [0.15, 0.2) is 29.6 Å². The average molecular weight is 282 g/mol. The van der Waals surface area contributed by atoms with Gasteiger partial charge in [-0.2, -0.15) is 0 Å². The van der Waals surface area contributed by atoms with Crippen molar-refractivity contribution in [3.05, 3.63) is 45.9 Å². The predicted octanol–water partition coefficient (Wildman–Crippen LogP) is 1.70. The number of carbonyl (C=O) groups is 1. The third kappa shape index (κ3) is 3.45. The van der Waals surface area contributed by atoms with Crippen LogP contribution in [0.4, 0.5) is 5.13 Å². The molecule has 0 fully saturated rings. The number of hydrogen-bond donors (Lipinski definition) is 1. The van der Waals surface area contributed by atoms with Crippen molar-refractivity contribution in [2.45, 2.75) is 13.0 Å². The second-order valence-electron chi connectivity index (χ2n) is 3.64. The topological polar surface area (TPSA) is 65.0 Å². The first-order chi connectivity index (χ1) is 8.65. The van der Waals surface area contributed by atoms with Gasteiger partial charge in [0.1, 0.15) is 0 Å². The van der Waals surface area contributed by atoms with E-state index in [2.05, 4.69) is 10.3 Å². The molecule has 2 aromatic rings. The van der Waals surface area contributed by atoms with Crippen molar-refractivity contribution in [1.82, 2.24) is 4.98 Å². The van der Waals surface area contributed by atoms with Crippen molar-refractivity contribution < 1.29 is 9.90 Å². The molecular weight excluding hydrogens is 272 g/mol. The summed E-state index contributed by atoms with van der Waals surface area (Å²) >= 11 is 7.38. The van der Waals surface area contributed by atoms with Crippen molar-refractivity contribution in [1.29, 1.82) is 0 Å². The quantitative estimate of drug-likeness (QED) is 0.906. The molecule has 4 nitrogen and oxygen atoms in total. The molecule has 0 unspecified atom stereocenters. The number of hydrogen-bond acceptors (Lipinski definition) is 5. The number of anilines is 1. The standard InChI is InChI=1S/C12H11ClN2O2S/c13-10-4-2-1-3-8(10)6-14-12-15-9(7-18-12)5-11(16)17/h1-4,7H,5-6H2,(H,14,15)(H,16,17)/p-1. The first-order valence-corrected chi connectivity index (χ1v) is 6.52. The number of rotatable bonds is 5. The van der Waals surface area contributed by atoms with Gasteiger partial charge in [0.15, 0.2) is 5.13 Å². The van der Waals surface area contributed by atoms with Crippen molar-refractivity contribution in [3.8, 4) is 0 Å². The van der Waals surface area contributed by atoms with Gasteiger partial charge in [0.2, 0.25) is 0 Å². The summed E-state index contributed by atoms with van der Waals surface area (Å²) in [5.41, 5.74) is 1.47. The third-order valence-electron chi connectivity index (χ3n) is 2.27. The van der Waals surface area contributed by atoms with Gasteiger partial charge >= 0.3 is 0 Å². The summed E-state index contributed by atoms with van der Waals surface area (Å²) in [6.45, 7) is 0.554. The van der Waals surface area contributed by atoms with Crippen LogP contribution in [0.2, 0.25) is 5.02 Å². The van der Waals surface area contributed by atoms with E-state index in [1.165, 1.54) is 11.3 Å². The van der Waals surface area contributed by atoms with Crippen LogP contribution >= 0.6 is 22.9 Å². The number of aromatic nitrogens is 1. The van der Waals surface area contributed by atoms with E-state index in [0.29, 0.717) is 22.4 Å². The van der Waals surface area contributed by atoms with Crippen LogP contribution in [-0.2, 0) is 17.8 Å². The maximum atomic E-state index is 10.4. The second kappa shape index (κ2) is 5.84. The van der Waals surface area contributed by atoms with E-state index in [9.17, 15) is 9.90 Å². The highest BCUT2D eigenvalue weighted by molar-refractivity contribution is 7.13. The summed E-state index contributed by atoms with van der Waals surface area (Å²) < 4.78 is 0. The number of carboxylic acid groups (broad SMARTS) is 1. The van der Waals surface area contributed by atoms with Crippen LogP contribution < -0.4 is 10.4 Å². The van der Waals surface area contributed by atoms with Crippen LogP contribution in [0.5, 0.6) is 0 Å². The number of thiazole rings is 1. The fourth-order valence-electron chi connectivity index (χ4n) is 1.43. The Morgan fingerprint density at radius 1 is 1.44 bits per heavy atom. The van der Waals surface area contributed by atoms with Gasteiger partial charge in [0.05, 0.1) is 5.69 Å². The number of carboxylic acids is 1. The minimum absolute atomic E-state index is 0.162. The minimum atomic E-state index is -1.13. The summed E-state index contributed by atoms with van der Waals surface area (Å²) in [5.74, 6) is -1.13. The Balaban J connectivity index is 1.96. The SMILES string of the molecule is O=C([O-])Cc1csc(NCc2ccccc2Cl)n1. The van der Waals surface area contributed by atoms with Crippen LogP contribution in [-0.4, -0.2) is 11.0 Å². The molecule has 2 rings (SSSR count). The normalized spacial score (nSPS) is 10.3. The molecule has 0 aliphatic rings. The molecule has 0 saturated heterocycles. The molecule has 0 aliphatic heterocycles. The van der Waals surface area contributed by atoms with Crippen molar-refractivity contribution in [2.24, 2.45) is 0 Å². The van der Waals surface area contributed by atoms with Crippen LogP contribution in [0, 0.1) is 0 Å². The molecule has 0 saturated carbocycles. The molecule has 94 valence electrons. The zero-order chi connectivity index (χ0) is 13.0. The van der Waals surface area contributed by atoms with Gasteiger partial charge in [-0.1, -0.05) is 29.8 Å². The first-order valence-electron chi connectivity index (χ1n) is 5.26. The van der Waals surface area contributed by atoms with Crippen molar-refractivity contribution in [3.63, 3.8) is 0 Å². The molecule has 0 radical (unpaired) electrons. The van der Waals surface area contributed by atoms with E-state index in [0.717, 1.165) is 5.56 Å². The van der Waals surface area contributed by atoms with Gasteiger partial charge < -0.3 is 15.2 Å². The lowest BCUT2D eigenvalue weighted by molar-refractivity contribution is -0.304. The first kappa shape index (κ1) is 12.9. The van der Waals surface area contributed by atoms with Crippen LogP contribution in [0.25, 0.3) is 0 Å². The maximum Gasteiger partial charge on any atom is 0.183 e. The largest absolute Gasteiger partial charge is 0.550 e. The summed E-state index contributed by atoms with van der Waals surface area (Å²) in [6, 6.07) is 7.52. The highest BCUT2D eigenvalue weighted by Gasteiger charge is 2.03. The molecule has 1 aromatic carbocycles. The Labute approximate surface area is 113 Å². The van der Waals surface area contributed by atoms with Gasteiger partial charge in [-0.05, 0) is 11.6 Å². The smallest absolute Gasteiger partial charge is 0.183 e. The number of aliphatic carboxylic acids is 1. The number of nitrogens with one attached hydrogen (secondary N) is 1. The predicted molar refractivity (Wildman–Crippen MR) is 69.6 cm³/mol. The van der Waals surface area contributed by atoms with Gasteiger partial charge in [0, 0.05) is 29.3 Å². The number of nitrogens with zero attached hydrogens (tertiary/aromatic N) is 1. The van der Waals surface area contributed by atoms with E-state index >= 15 is 0 Å². The maximum absolute atomic E-state index is 10.4. The fraction of sp³-hybridized carbons (Fsp3) is 0.167. The number of carbonyl (C=O) groups excluding carboxylic acids is 1. The van der Waals surface area contributed by atoms with Gasteiger partial charge in [-0.25, -0.2) is 4.98 Å². The van der Waals surface area contributed by atoms with Gasteiger partial charge in [-0.15, -0.1) is 11.3 Å². The Kier molecular flexibility index (Phi) is 4.17. The molecular formula is C12H10ClN2O2S-. The molecule has 1 N–H and O–H groups in total. The summed E-state index contributed by atoms with van der Waals surface area (Å²) in [5, 5.41) is 16.6. The molecule has 18 heavy (non-hydrogen) atoms. The van der Waals surface area contributed by atoms with Crippen LogP contribution in [0.3, 0.4) is 0 Å². The van der Waals surface area contributed by atoms with Gasteiger partial charge in [0.25, 0.3) is 0 Å². The lowest BCUT2D eigenvalue weighted by Gasteiger charge is -2.04. The zero-order valence-electron chi connectivity index (χ0n) is 9.35. The Morgan fingerprint density at radius 3 is 2.94 bits per heavy atom. The number of halogens is 1. The Bertz CT molecular complexity index is 557. The lowest BCUT2D eigenvalue weighted by atomic mass is 10.2. The Hall–Kier alpha value is -1.59. The minimum Gasteiger partial charge on any atom is -0.550 e. The molecule has 6 heteroatoms. The van der Waals surface area contributed by atoms with E-state index in [1.54, 1.807) is 5.38 Å². The van der Waals surface area contributed by atoms with E-state index in [4.69, 9.17) is 11.6 Å². The second-order valence-corrected chi connectivity index (χ2v) is 4.90. The average Bonchev–Trinajstić information content (AvgIpc) is 2.75. The summed E-state index contributed by atoms with van der Waals surface area (Å²) in [6.07, 6.45) is -0.162. The van der Waals surface area contributed by atoms with Crippen molar-refractivity contribution >= 4 is 34.0 Å². The highest BCUT2D eigenvalue weighted by atomic mass is 35.5. The molecule has 0 aliphatic carbocycles. The third-order valence-corrected chi connectivity index (χ3v) is 3.48. The van der Waals surface area contributed by atoms with E-state index in [1.807, 2.05) is 24.3 Å². The monoisotopic (exact) mass is 281 g/mol. The summed E-state index contributed by atoms with van der Waals surface area (Å²) in [7, 11) is 0. The fourth-order valence-corrected chi connectivity index (χ4v) is 2.34. The van der Waals surface area contributed by atoms with Crippen LogP contribution in [0.1, 0.15) is 11.3 Å². The molecule has 1 aromatic heterocycles. The summed E-state index contributed by atoms with van der Waals surface area (Å²) in [4.78, 5) is 14.6. The number of benzene rings is 1. The Morgan fingerprint density at radius 2 is 2.22 bits per heavy atom. The molecule has 0 spiro atoms. The molecule has 1 heterocycles. The van der Waals surface area contributed by atoms with E-state index in [-0.39, 0.29) is 6.42 Å². The molecule has 0 atom stereocenters. The molecule has 0 amide bonds.